The molecule has 0 aliphatic rings. The van der Waals surface area contributed by atoms with Crippen molar-refractivity contribution < 1.29 is 55.7 Å². The Morgan fingerprint density at radius 2 is 0.712 bits per heavy atom. The van der Waals surface area contributed by atoms with Crippen LogP contribution in [0.4, 0.5) is 0 Å². The predicted octanol–water partition coefficient (Wildman–Crippen LogP) is 7.89. The van der Waals surface area contributed by atoms with Crippen molar-refractivity contribution in [1.29, 1.82) is 0 Å². The standard InChI is InChI=1S/C38H58O12Si2/c1-7-45-51(46-8-2,47-9-3)25-13-15-31-27-35(21-23-37(31)39)43-29-41-33-17-19-34(20-18-33)42-30-44-36-22-24-38(40)32(28-36)16-14-26-52(48-10-4,49-11-5)50-12-6/h17-24,27-28,39-40H,7-16,25-26,29-30H2,1-6H3. The molecule has 52 heavy (non-hydrogen) atoms. The van der Waals surface area contributed by atoms with Gasteiger partial charge < -0.3 is 55.7 Å². The van der Waals surface area contributed by atoms with Crippen LogP contribution in [0.1, 0.15) is 65.5 Å². The Kier molecular flexibility index (Phi) is 19.3. The molecule has 14 heteroatoms. The number of aromatic hydroxyl groups is 2. The molecule has 0 amide bonds. The molecule has 12 nitrogen and oxygen atoms in total. The van der Waals surface area contributed by atoms with Crippen molar-refractivity contribution in [1.82, 2.24) is 0 Å². The average molecular weight is 763 g/mol. The van der Waals surface area contributed by atoms with Gasteiger partial charge in [0.2, 0.25) is 13.6 Å². The van der Waals surface area contributed by atoms with E-state index < -0.39 is 17.6 Å². The molecule has 3 aromatic carbocycles. The fourth-order valence-electron chi connectivity index (χ4n) is 5.66. The van der Waals surface area contributed by atoms with E-state index in [4.69, 9.17) is 45.5 Å². The summed E-state index contributed by atoms with van der Waals surface area (Å²) in [5, 5.41) is 20.9. The molecule has 0 atom stereocenters. The molecule has 0 aromatic heterocycles. The lowest BCUT2D eigenvalue weighted by atomic mass is 10.1. The normalized spacial score (nSPS) is 11.8. The first-order valence-corrected chi connectivity index (χ1v) is 22.2. The molecule has 0 aliphatic carbocycles. The fraction of sp³-hybridized carbons (Fsp3) is 0.526. The molecule has 3 aromatic rings. The topological polar surface area (TPSA) is 133 Å². The first-order chi connectivity index (χ1) is 25.2. The van der Waals surface area contributed by atoms with Crippen LogP contribution in [0.3, 0.4) is 0 Å². The SMILES string of the molecule is CCO[Si](CCCc1cc(OCOc2ccc(OCOc3ccc(O)c(CCC[Si](OCC)(OCC)OCC)c3)cc2)ccc1O)(OCC)OCC. The Bertz CT molecular complexity index is 1290. The highest BCUT2D eigenvalue weighted by molar-refractivity contribution is 6.61. The van der Waals surface area contributed by atoms with Crippen LogP contribution in [0.5, 0.6) is 34.5 Å². The summed E-state index contributed by atoms with van der Waals surface area (Å²) in [6.07, 6.45) is 2.70. The van der Waals surface area contributed by atoms with Crippen molar-refractivity contribution in [2.75, 3.05) is 53.2 Å². The van der Waals surface area contributed by atoms with Crippen LogP contribution in [0.15, 0.2) is 60.7 Å². The van der Waals surface area contributed by atoms with Crippen LogP contribution in [-0.2, 0) is 39.4 Å². The second kappa shape index (κ2) is 23.3. The van der Waals surface area contributed by atoms with E-state index in [2.05, 4.69) is 0 Å². The highest BCUT2D eigenvalue weighted by Gasteiger charge is 2.40. The molecule has 0 saturated heterocycles. The quantitative estimate of drug-likeness (QED) is 0.0551. The van der Waals surface area contributed by atoms with Gasteiger partial charge in [-0.15, -0.1) is 0 Å². The van der Waals surface area contributed by atoms with Gasteiger partial charge in [0.25, 0.3) is 0 Å². The van der Waals surface area contributed by atoms with E-state index in [1.807, 2.05) is 53.7 Å². The minimum absolute atomic E-state index is 0.0161. The summed E-state index contributed by atoms with van der Waals surface area (Å²) >= 11 is 0. The van der Waals surface area contributed by atoms with Gasteiger partial charge in [0.05, 0.1) is 0 Å². The third kappa shape index (κ3) is 14.2. The van der Waals surface area contributed by atoms with E-state index in [0.29, 0.717) is 87.6 Å². The third-order valence-corrected chi connectivity index (χ3v) is 14.2. The highest BCUT2D eigenvalue weighted by Crippen LogP contribution is 2.29. The number of phenolic OH excluding ortho intramolecular Hbond substituents is 2. The van der Waals surface area contributed by atoms with Crippen LogP contribution in [0.2, 0.25) is 12.1 Å². The maximum Gasteiger partial charge on any atom is 0.500 e. The van der Waals surface area contributed by atoms with Crippen LogP contribution < -0.4 is 18.9 Å². The summed E-state index contributed by atoms with van der Waals surface area (Å²) in [4.78, 5) is 0. The van der Waals surface area contributed by atoms with Gasteiger partial charge >= 0.3 is 17.6 Å². The molecule has 0 saturated carbocycles. The number of rotatable bonds is 28. The lowest BCUT2D eigenvalue weighted by Crippen LogP contribution is -2.46. The lowest BCUT2D eigenvalue weighted by molar-refractivity contribution is 0.0700. The van der Waals surface area contributed by atoms with E-state index in [1.54, 1.807) is 48.5 Å². The summed E-state index contributed by atoms with van der Waals surface area (Å²) in [5.41, 5.74) is 1.53. The number of hydrogen-bond donors (Lipinski definition) is 2. The molecule has 290 valence electrons. The van der Waals surface area contributed by atoms with E-state index >= 15 is 0 Å². The predicted molar refractivity (Wildman–Crippen MR) is 202 cm³/mol. The summed E-state index contributed by atoms with van der Waals surface area (Å²) in [6.45, 7) is 14.8. The summed E-state index contributed by atoms with van der Waals surface area (Å²) < 4.78 is 58.9. The average Bonchev–Trinajstić information content (AvgIpc) is 3.12. The molecule has 0 unspecified atom stereocenters. The lowest BCUT2D eigenvalue weighted by Gasteiger charge is -2.28. The Balaban J connectivity index is 1.44. The van der Waals surface area contributed by atoms with Crippen LogP contribution in [0.25, 0.3) is 0 Å². The van der Waals surface area contributed by atoms with E-state index in [-0.39, 0.29) is 25.1 Å². The Labute approximate surface area is 311 Å². The molecule has 0 heterocycles. The van der Waals surface area contributed by atoms with Crippen molar-refractivity contribution in [2.45, 2.75) is 79.3 Å². The van der Waals surface area contributed by atoms with Crippen LogP contribution >= 0.6 is 0 Å². The zero-order valence-corrected chi connectivity index (χ0v) is 33.6. The number of aryl methyl sites for hydroxylation is 2. The van der Waals surface area contributed by atoms with Gasteiger partial charge in [0, 0.05) is 51.7 Å². The molecule has 0 fully saturated rings. The summed E-state index contributed by atoms with van der Waals surface area (Å²) in [7, 11) is -5.50. The van der Waals surface area contributed by atoms with Gasteiger partial charge in [-0.25, -0.2) is 0 Å². The van der Waals surface area contributed by atoms with E-state index in [0.717, 1.165) is 24.0 Å². The maximum absolute atomic E-state index is 10.4. The molecular formula is C38H58O12Si2. The number of hydrogen-bond acceptors (Lipinski definition) is 12. The smallest absolute Gasteiger partial charge is 0.500 e. The summed E-state index contributed by atoms with van der Waals surface area (Å²) in [6, 6.07) is 18.7. The van der Waals surface area contributed by atoms with Gasteiger partial charge in [-0.2, -0.15) is 0 Å². The molecule has 0 bridgehead atoms. The van der Waals surface area contributed by atoms with Gasteiger partial charge in [0.15, 0.2) is 0 Å². The Hall–Kier alpha value is -3.35. The van der Waals surface area contributed by atoms with Crippen molar-refractivity contribution in [3.8, 4) is 34.5 Å². The van der Waals surface area contributed by atoms with Gasteiger partial charge in [-0.3, -0.25) is 0 Å². The van der Waals surface area contributed by atoms with Crippen LogP contribution in [0, 0.1) is 0 Å². The van der Waals surface area contributed by atoms with Gasteiger partial charge in [-0.05, 0) is 139 Å². The Morgan fingerprint density at radius 3 is 1.02 bits per heavy atom. The number of benzene rings is 3. The van der Waals surface area contributed by atoms with Gasteiger partial charge in [-0.1, -0.05) is 0 Å². The fourth-order valence-corrected chi connectivity index (χ4v) is 10.9. The molecule has 0 aliphatic heterocycles. The number of ether oxygens (including phenoxy) is 4. The van der Waals surface area contributed by atoms with Crippen LogP contribution in [-0.4, -0.2) is 81.0 Å². The monoisotopic (exact) mass is 762 g/mol. The zero-order valence-electron chi connectivity index (χ0n) is 31.6. The van der Waals surface area contributed by atoms with Crippen molar-refractivity contribution in [2.24, 2.45) is 0 Å². The second-order valence-electron chi connectivity index (χ2n) is 11.5. The number of phenols is 2. The molecule has 3 rings (SSSR count). The minimum atomic E-state index is -2.75. The van der Waals surface area contributed by atoms with Crippen molar-refractivity contribution in [3.05, 3.63) is 71.8 Å². The molecular weight excluding hydrogens is 705 g/mol. The van der Waals surface area contributed by atoms with Gasteiger partial charge in [0.1, 0.15) is 34.5 Å². The highest BCUT2D eigenvalue weighted by atomic mass is 28.4. The maximum atomic E-state index is 10.4. The van der Waals surface area contributed by atoms with Crippen molar-refractivity contribution in [3.63, 3.8) is 0 Å². The largest absolute Gasteiger partial charge is 0.508 e. The molecule has 0 spiro atoms. The Morgan fingerprint density at radius 1 is 0.423 bits per heavy atom. The van der Waals surface area contributed by atoms with E-state index in [9.17, 15) is 10.2 Å². The second-order valence-corrected chi connectivity index (χ2v) is 17.0. The molecule has 2 N–H and O–H groups in total. The third-order valence-electron chi connectivity index (χ3n) is 7.87. The minimum Gasteiger partial charge on any atom is -0.508 e. The molecule has 0 radical (unpaired) electrons. The first kappa shape index (κ1) is 43.1. The van der Waals surface area contributed by atoms with Crippen molar-refractivity contribution >= 4 is 17.6 Å². The first-order valence-electron chi connectivity index (χ1n) is 18.3. The van der Waals surface area contributed by atoms with E-state index in [1.165, 1.54) is 0 Å². The summed E-state index contributed by atoms with van der Waals surface area (Å²) in [5.74, 6) is 2.78. The zero-order chi connectivity index (χ0) is 37.7.